The van der Waals surface area contributed by atoms with Crippen molar-refractivity contribution in [1.29, 1.82) is 0 Å². The number of hydrogen-bond acceptors (Lipinski definition) is 4. The zero-order chi connectivity index (χ0) is 14.4. The topological polar surface area (TPSA) is 33.7 Å². The summed E-state index contributed by atoms with van der Waals surface area (Å²) in [5, 5.41) is 3.29. The van der Waals surface area contributed by atoms with Gasteiger partial charge in [-0.05, 0) is 45.0 Å². The molecule has 1 saturated heterocycles. The van der Waals surface area contributed by atoms with Crippen LogP contribution in [0.25, 0.3) is 0 Å². The van der Waals surface area contributed by atoms with Crippen LogP contribution in [-0.2, 0) is 6.54 Å². The lowest BCUT2D eigenvalue weighted by Crippen LogP contribution is -2.38. The lowest BCUT2D eigenvalue weighted by molar-refractivity contribution is 0.165. The van der Waals surface area contributed by atoms with Crippen molar-refractivity contribution in [3.63, 3.8) is 0 Å². The Kier molecular flexibility index (Phi) is 5.68. The fraction of sp³-hybridized carbons (Fsp3) is 0.625. The first-order valence-corrected chi connectivity index (χ1v) is 7.34. The number of rotatable bonds is 6. The highest BCUT2D eigenvalue weighted by molar-refractivity contribution is 5.40. The van der Waals surface area contributed by atoms with Crippen molar-refractivity contribution in [2.45, 2.75) is 19.4 Å². The fourth-order valence-electron chi connectivity index (χ4n) is 2.97. The Balaban J connectivity index is 2.01. The molecular formula is C16H26N2O2. The molecular weight excluding hydrogens is 252 g/mol. The van der Waals surface area contributed by atoms with Gasteiger partial charge < -0.3 is 14.8 Å². The van der Waals surface area contributed by atoms with E-state index in [9.17, 15) is 0 Å². The molecule has 112 valence electrons. The Morgan fingerprint density at radius 3 is 2.85 bits per heavy atom. The van der Waals surface area contributed by atoms with Crippen LogP contribution in [0.3, 0.4) is 0 Å². The fourth-order valence-corrected chi connectivity index (χ4v) is 2.97. The van der Waals surface area contributed by atoms with Gasteiger partial charge in [0.05, 0.1) is 14.2 Å². The lowest BCUT2D eigenvalue weighted by Gasteiger charge is -2.33. The maximum absolute atomic E-state index is 5.48. The van der Waals surface area contributed by atoms with Gasteiger partial charge in [0.25, 0.3) is 0 Å². The number of ether oxygens (including phenoxy) is 2. The number of methoxy groups -OCH3 is 2. The molecule has 1 atom stereocenters. The molecule has 20 heavy (non-hydrogen) atoms. The van der Waals surface area contributed by atoms with Crippen LogP contribution in [0.2, 0.25) is 0 Å². The van der Waals surface area contributed by atoms with Crippen LogP contribution in [0.4, 0.5) is 0 Å². The summed E-state index contributed by atoms with van der Waals surface area (Å²) in [5.74, 6) is 2.52. The minimum absolute atomic E-state index is 0.762. The lowest BCUT2D eigenvalue weighted by atomic mass is 9.97. The van der Waals surface area contributed by atoms with Gasteiger partial charge in [0, 0.05) is 24.7 Å². The monoisotopic (exact) mass is 278 g/mol. The van der Waals surface area contributed by atoms with E-state index in [0.29, 0.717) is 0 Å². The zero-order valence-electron chi connectivity index (χ0n) is 12.8. The Hall–Kier alpha value is -1.26. The van der Waals surface area contributed by atoms with Gasteiger partial charge in [-0.1, -0.05) is 6.07 Å². The SMILES string of the molecule is CNCC1CCCN(Cc2ccc(OC)cc2OC)C1. The predicted molar refractivity (Wildman–Crippen MR) is 81.5 cm³/mol. The van der Waals surface area contributed by atoms with Crippen molar-refractivity contribution in [2.75, 3.05) is 40.9 Å². The Bertz CT molecular complexity index is 421. The maximum Gasteiger partial charge on any atom is 0.127 e. The molecule has 0 spiro atoms. The molecule has 1 fully saturated rings. The van der Waals surface area contributed by atoms with Gasteiger partial charge in [-0.25, -0.2) is 0 Å². The van der Waals surface area contributed by atoms with Gasteiger partial charge in [-0.2, -0.15) is 0 Å². The summed E-state index contributed by atoms with van der Waals surface area (Å²) in [7, 11) is 5.44. The van der Waals surface area contributed by atoms with Crippen LogP contribution >= 0.6 is 0 Å². The third-order valence-electron chi connectivity index (χ3n) is 3.98. The smallest absolute Gasteiger partial charge is 0.127 e. The van der Waals surface area contributed by atoms with E-state index in [2.05, 4.69) is 16.3 Å². The summed E-state index contributed by atoms with van der Waals surface area (Å²) in [4.78, 5) is 2.52. The molecule has 1 aliphatic heterocycles. The molecule has 2 rings (SSSR count). The first-order valence-electron chi connectivity index (χ1n) is 7.34. The van der Waals surface area contributed by atoms with Crippen LogP contribution in [0, 0.1) is 5.92 Å². The predicted octanol–water partition coefficient (Wildman–Crippen LogP) is 2.14. The van der Waals surface area contributed by atoms with Gasteiger partial charge >= 0.3 is 0 Å². The van der Waals surface area contributed by atoms with E-state index in [1.54, 1.807) is 14.2 Å². The van der Waals surface area contributed by atoms with Crippen LogP contribution < -0.4 is 14.8 Å². The van der Waals surface area contributed by atoms with E-state index >= 15 is 0 Å². The second kappa shape index (κ2) is 7.50. The molecule has 1 aromatic rings. The third kappa shape index (κ3) is 3.87. The van der Waals surface area contributed by atoms with Crippen LogP contribution in [0.15, 0.2) is 18.2 Å². The maximum atomic E-state index is 5.48. The van der Waals surface area contributed by atoms with Crippen molar-refractivity contribution in [2.24, 2.45) is 5.92 Å². The summed E-state index contributed by atoms with van der Waals surface area (Å²) in [6, 6.07) is 6.08. The molecule has 1 heterocycles. The van der Waals surface area contributed by atoms with Crippen LogP contribution in [0.1, 0.15) is 18.4 Å². The normalized spacial score (nSPS) is 19.9. The summed E-state index contributed by atoms with van der Waals surface area (Å²) in [6.45, 7) is 4.40. The van der Waals surface area contributed by atoms with Crippen LogP contribution in [0.5, 0.6) is 11.5 Å². The molecule has 0 aliphatic carbocycles. The molecule has 0 amide bonds. The second-order valence-corrected chi connectivity index (χ2v) is 5.48. The van der Waals surface area contributed by atoms with E-state index < -0.39 is 0 Å². The Labute approximate surface area is 122 Å². The van der Waals surface area contributed by atoms with E-state index in [4.69, 9.17) is 9.47 Å². The number of likely N-dealkylation sites (tertiary alicyclic amines) is 1. The standard InChI is InChI=1S/C16H26N2O2/c1-17-10-13-5-4-8-18(11-13)12-14-6-7-15(19-2)9-16(14)20-3/h6-7,9,13,17H,4-5,8,10-12H2,1-3H3. The third-order valence-corrected chi connectivity index (χ3v) is 3.98. The number of nitrogens with one attached hydrogen (secondary N) is 1. The van der Waals surface area contributed by atoms with Crippen molar-refractivity contribution in [3.05, 3.63) is 23.8 Å². The average molecular weight is 278 g/mol. The van der Waals surface area contributed by atoms with E-state index in [0.717, 1.165) is 37.1 Å². The molecule has 1 aliphatic rings. The summed E-state index contributed by atoms with van der Waals surface area (Å²) in [5.41, 5.74) is 1.23. The molecule has 4 nitrogen and oxygen atoms in total. The second-order valence-electron chi connectivity index (χ2n) is 5.48. The van der Waals surface area contributed by atoms with E-state index in [-0.39, 0.29) is 0 Å². The first kappa shape index (κ1) is 15.1. The molecule has 0 radical (unpaired) electrons. The van der Waals surface area contributed by atoms with Crippen LogP contribution in [-0.4, -0.2) is 45.8 Å². The molecule has 0 bridgehead atoms. The van der Waals surface area contributed by atoms with Crippen molar-refractivity contribution in [1.82, 2.24) is 10.2 Å². The van der Waals surface area contributed by atoms with Crippen molar-refractivity contribution < 1.29 is 9.47 Å². The average Bonchev–Trinajstić information content (AvgIpc) is 2.48. The largest absolute Gasteiger partial charge is 0.497 e. The summed E-state index contributed by atoms with van der Waals surface area (Å²) >= 11 is 0. The minimum Gasteiger partial charge on any atom is -0.497 e. The Morgan fingerprint density at radius 2 is 2.15 bits per heavy atom. The van der Waals surface area contributed by atoms with Gasteiger partial charge in [0.1, 0.15) is 11.5 Å². The highest BCUT2D eigenvalue weighted by Crippen LogP contribution is 2.27. The van der Waals surface area contributed by atoms with Crippen molar-refractivity contribution in [3.8, 4) is 11.5 Å². The van der Waals surface area contributed by atoms with Gasteiger partial charge in [-0.3, -0.25) is 4.90 Å². The quantitative estimate of drug-likeness (QED) is 0.864. The molecule has 1 aromatic carbocycles. The van der Waals surface area contributed by atoms with Gasteiger partial charge in [0.15, 0.2) is 0 Å². The molecule has 1 N–H and O–H groups in total. The number of piperidine rings is 1. The Morgan fingerprint density at radius 1 is 1.30 bits per heavy atom. The number of nitrogens with zero attached hydrogens (tertiary/aromatic N) is 1. The molecule has 0 aromatic heterocycles. The van der Waals surface area contributed by atoms with Gasteiger partial charge in [0.2, 0.25) is 0 Å². The zero-order valence-corrected chi connectivity index (χ0v) is 12.8. The van der Waals surface area contributed by atoms with Crippen molar-refractivity contribution >= 4 is 0 Å². The summed E-state index contributed by atoms with van der Waals surface area (Å²) < 4.78 is 10.7. The van der Waals surface area contributed by atoms with E-state index in [1.807, 2.05) is 19.2 Å². The highest BCUT2D eigenvalue weighted by atomic mass is 16.5. The summed E-state index contributed by atoms with van der Waals surface area (Å²) in [6.07, 6.45) is 2.61. The number of benzene rings is 1. The molecule has 0 saturated carbocycles. The first-order chi connectivity index (χ1) is 9.76. The number of hydrogen-bond donors (Lipinski definition) is 1. The molecule has 4 heteroatoms. The highest BCUT2D eigenvalue weighted by Gasteiger charge is 2.20. The van der Waals surface area contributed by atoms with E-state index in [1.165, 1.54) is 24.9 Å². The molecule has 1 unspecified atom stereocenters. The van der Waals surface area contributed by atoms with Gasteiger partial charge in [-0.15, -0.1) is 0 Å². The minimum atomic E-state index is 0.762.